The van der Waals surface area contributed by atoms with E-state index in [1.807, 2.05) is 6.21 Å². The van der Waals surface area contributed by atoms with Crippen molar-refractivity contribution >= 4 is 17.8 Å². The SMILES string of the molecule is CC(=O)C1=C[C@]2(C(C)=O)N=CC[C@@H]2CC1. The van der Waals surface area contributed by atoms with Crippen LogP contribution in [0, 0.1) is 5.92 Å². The van der Waals surface area contributed by atoms with Crippen LogP contribution in [0.1, 0.15) is 33.1 Å². The van der Waals surface area contributed by atoms with Gasteiger partial charge in [-0.2, -0.15) is 0 Å². The van der Waals surface area contributed by atoms with E-state index in [0.29, 0.717) is 0 Å². The highest BCUT2D eigenvalue weighted by atomic mass is 16.1. The predicted molar refractivity (Wildman–Crippen MR) is 58.0 cm³/mol. The van der Waals surface area contributed by atoms with Crippen molar-refractivity contribution in [3.63, 3.8) is 0 Å². The molecule has 0 aromatic carbocycles. The lowest BCUT2D eigenvalue weighted by Gasteiger charge is -2.32. The molecule has 2 aliphatic rings. The molecule has 0 spiro atoms. The van der Waals surface area contributed by atoms with Crippen LogP contribution in [0.5, 0.6) is 0 Å². The Morgan fingerprint density at radius 3 is 2.80 bits per heavy atom. The van der Waals surface area contributed by atoms with Gasteiger partial charge in [-0.25, -0.2) is 0 Å². The lowest BCUT2D eigenvalue weighted by atomic mass is 9.73. The fourth-order valence-electron chi connectivity index (χ4n) is 2.53. The molecule has 3 heteroatoms. The zero-order valence-electron chi connectivity index (χ0n) is 9.12. The number of carbonyl (C=O) groups excluding carboxylic acids is 2. The van der Waals surface area contributed by atoms with Gasteiger partial charge >= 0.3 is 0 Å². The topological polar surface area (TPSA) is 46.5 Å². The molecule has 3 nitrogen and oxygen atoms in total. The third kappa shape index (κ3) is 1.46. The minimum absolute atomic E-state index is 0.0553. The van der Waals surface area contributed by atoms with Crippen molar-refractivity contribution in [2.75, 3.05) is 0 Å². The first kappa shape index (κ1) is 10.3. The molecule has 0 aromatic rings. The lowest BCUT2D eigenvalue weighted by Crippen LogP contribution is -2.41. The minimum atomic E-state index is -0.709. The highest BCUT2D eigenvalue weighted by Gasteiger charge is 2.45. The fraction of sp³-hybridized carbons (Fsp3) is 0.583. The number of allylic oxidation sites excluding steroid dienone is 1. The van der Waals surface area contributed by atoms with Crippen LogP contribution in [0.25, 0.3) is 0 Å². The normalized spacial score (nSPS) is 33.5. The molecule has 0 fully saturated rings. The maximum atomic E-state index is 11.7. The van der Waals surface area contributed by atoms with Crippen molar-refractivity contribution in [3.05, 3.63) is 11.6 Å². The number of aliphatic imine (C=N–C) groups is 1. The third-order valence-electron chi connectivity index (χ3n) is 3.49. The molecule has 0 saturated carbocycles. The van der Waals surface area contributed by atoms with Gasteiger partial charge in [0.15, 0.2) is 11.6 Å². The van der Waals surface area contributed by atoms with Crippen molar-refractivity contribution in [2.24, 2.45) is 10.9 Å². The molecular formula is C12H15NO2. The second-order valence-electron chi connectivity index (χ2n) is 4.39. The van der Waals surface area contributed by atoms with Gasteiger partial charge in [-0.15, -0.1) is 0 Å². The highest BCUT2D eigenvalue weighted by Crippen LogP contribution is 2.41. The molecule has 2 atom stereocenters. The summed E-state index contributed by atoms with van der Waals surface area (Å²) in [6.07, 6.45) is 6.17. The van der Waals surface area contributed by atoms with E-state index in [-0.39, 0.29) is 17.5 Å². The Morgan fingerprint density at radius 2 is 2.20 bits per heavy atom. The van der Waals surface area contributed by atoms with E-state index in [1.165, 1.54) is 0 Å². The summed E-state index contributed by atoms with van der Waals surface area (Å²) in [4.78, 5) is 27.3. The Kier molecular flexibility index (Phi) is 2.33. The van der Waals surface area contributed by atoms with Crippen molar-refractivity contribution in [3.8, 4) is 0 Å². The molecule has 1 aliphatic heterocycles. The maximum absolute atomic E-state index is 11.7. The van der Waals surface area contributed by atoms with Crippen LogP contribution in [0.2, 0.25) is 0 Å². The van der Waals surface area contributed by atoms with Crippen molar-refractivity contribution in [1.82, 2.24) is 0 Å². The summed E-state index contributed by atoms with van der Waals surface area (Å²) < 4.78 is 0. The van der Waals surface area contributed by atoms with Gasteiger partial charge in [0.25, 0.3) is 0 Å². The minimum Gasteiger partial charge on any atom is -0.297 e. The van der Waals surface area contributed by atoms with Gasteiger partial charge in [0.1, 0.15) is 5.54 Å². The van der Waals surface area contributed by atoms with Crippen LogP contribution in [-0.2, 0) is 9.59 Å². The van der Waals surface area contributed by atoms with Crippen molar-refractivity contribution in [2.45, 2.75) is 38.6 Å². The number of Topliss-reactive ketones (excluding diaryl/α,β-unsaturated/α-hetero) is 2. The number of hydrogen-bond acceptors (Lipinski definition) is 3. The van der Waals surface area contributed by atoms with Crippen LogP contribution in [0.4, 0.5) is 0 Å². The van der Waals surface area contributed by atoms with Crippen LogP contribution in [-0.4, -0.2) is 23.3 Å². The van der Waals surface area contributed by atoms with Gasteiger partial charge in [-0.1, -0.05) is 0 Å². The maximum Gasteiger partial charge on any atom is 0.161 e. The fourth-order valence-corrected chi connectivity index (χ4v) is 2.53. The van der Waals surface area contributed by atoms with Crippen LogP contribution in [0.15, 0.2) is 16.6 Å². The second kappa shape index (κ2) is 3.40. The van der Waals surface area contributed by atoms with E-state index in [0.717, 1.165) is 24.8 Å². The Hall–Kier alpha value is -1.25. The summed E-state index contributed by atoms with van der Waals surface area (Å²) >= 11 is 0. The molecule has 0 unspecified atom stereocenters. The molecule has 0 amide bonds. The van der Waals surface area contributed by atoms with Crippen LogP contribution >= 0.6 is 0 Å². The monoisotopic (exact) mass is 205 g/mol. The summed E-state index contributed by atoms with van der Waals surface area (Å²) in [6.45, 7) is 3.12. The molecule has 0 aromatic heterocycles. The molecule has 15 heavy (non-hydrogen) atoms. The molecule has 0 bridgehead atoms. The molecular weight excluding hydrogens is 190 g/mol. The Labute approximate surface area is 89.3 Å². The second-order valence-corrected chi connectivity index (χ2v) is 4.39. The van der Waals surface area contributed by atoms with Crippen molar-refractivity contribution < 1.29 is 9.59 Å². The summed E-state index contributed by atoms with van der Waals surface area (Å²) in [7, 11) is 0. The molecule has 80 valence electrons. The Morgan fingerprint density at radius 1 is 1.47 bits per heavy atom. The van der Waals surface area contributed by atoms with Gasteiger partial charge in [-0.05, 0) is 44.8 Å². The molecule has 0 N–H and O–H groups in total. The quantitative estimate of drug-likeness (QED) is 0.689. The van der Waals surface area contributed by atoms with Gasteiger partial charge in [0, 0.05) is 12.1 Å². The Bertz CT molecular complexity index is 381. The summed E-state index contributed by atoms with van der Waals surface area (Å²) in [5, 5.41) is 0. The van der Waals surface area contributed by atoms with Gasteiger partial charge < -0.3 is 0 Å². The van der Waals surface area contributed by atoms with Crippen molar-refractivity contribution in [1.29, 1.82) is 0 Å². The number of fused-ring (bicyclic) bond motifs is 1. The molecule has 0 radical (unpaired) electrons. The van der Waals surface area contributed by atoms with E-state index >= 15 is 0 Å². The van der Waals surface area contributed by atoms with Gasteiger partial charge in [-0.3, -0.25) is 14.6 Å². The highest BCUT2D eigenvalue weighted by molar-refractivity contribution is 5.98. The van der Waals surface area contributed by atoms with Crippen LogP contribution < -0.4 is 0 Å². The van der Waals surface area contributed by atoms with E-state index in [4.69, 9.17) is 0 Å². The molecule has 1 heterocycles. The number of hydrogen-bond donors (Lipinski definition) is 0. The average Bonchev–Trinajstić information content (AvgIpc) is 2.60. The first-order valence-corrected chi connectivity index (χ1v) is 5.33. The van der Waals surface area contributed by atoms with E-state index in [1.54, 1.807) is 19.9 Å². The molecule has 2 rings (SSSR count). The largest absolute Gasteiger partial charge is 0.297 e. The van der Waals surface area contributed by atoms with Crippen LogP contribution in [0.3, 0.4) is 0 Å². The number of ketones is 2. The van der Waals surface area contributed by atoms with Gasteiger partial charge in [0.2, 0.25) is 0 Å². The number of rotatable bonds is 2. The lowest BCUT2D eigenvalue weighted by molar-refractivity contribution is -0.121. The molecule has 0 saturated heterocycles. The third-order valence-corrected chi connectivity index (χ3v) is 3.49. The summed E-state index contributed by atoms with van der Waals surface area (Å²) in [5.41, 5.74) is 0.0553. The summed E-state index contributed by atoms with van der Waals surface area (Å²) in [6, 6.07) is 0. The summed E-state index contributed by atoms with van der Waals surface area (Å²) in [5.74, 6) is 0.397. The average molecular weight is 205 g/mol. The zero-order chi connectivity index (χ0) is 11.1. The van der Waals surface area contributed by atoms with E-state index in [2.05, 4.69) is 4.99 Å². The van der Waals surface area contributed by atoms with E-state index in [9.17, 15) is 9.59 Å². The zero-order valence-corrected chi connectivity index (χ0v) is 9.12. The predicted octanol–water partition coefficient (Wildman–Crippen LogP) is 1.71. The first-order chi connectivity index (χ1) is 7.06. The smallest absolute Gasteiger partial charge is 0.161 e. The number of carbonyl (C=O) groups is 2. The van der Waals surface area contributed by atoms with E-state index < -0.39 is 5.54 Å². The standard InChI is InChI=1S/C12H15NO2/c1-8(14)10-3-4-11-5-6-13-12(11,7-10)9(2)15/h6-7,11H,3-5H2,1-2H3/t11-,12+/m0/s1. The molecule has 1 aliphatic carbocycles. The number of nitrogens with zero attached hydrogens (tertiary/aromatic N) is 1. The Balaban J connectivity index is 2.45. The van der Waals surface area contributed by atoms with Gasteiger partial charge in [0.05, 0.1) is 0 Å². The first-order valence-electron chi connectivity index (χ1n) is 5.33.